The van der Waals surface area contributed by atoms with Gasteiger partial charge in [-0.15, -0.1) is 11.8 Å². The van der Waals surface area contributed by atoms with Crippen LogP contribution < -0.4 is 5.32 Å². The molecule has 1 N–H and O–H groups in total. The summed E-state index contributed by atoms with van der Waals surface area (Å²) in [6.45, 7) is 2.36. The van der Waals surface area contributed by atoms with Crippen molar-refractivity contribution < 1.29 is 27.6 Å². The van der Waals surface area contributed by atoms with Crippen molar-refractivity contribution in [1.82, 2.24) is 20.1 Å². The highest BCUT2D eigenvalue weighted by Gasteiger charge is 2.39. The van der Waals surface area contributed by atoms with Crippen molar-refractivity contribution in [2.45, 2.75) is 81.7 Å². The summed E-state index contributed by atoms with van der Waals surface area (Å²) >= 11 is 1.73. The molecule has 5 rings (SSSR count). The fourth-order valence-corrected chi connectivity index (χ4v) is 6.57. The number of fused-ring (bicyclic) bond motifs is 2. The van der Waals surface area contributed by atoms with Gasteiger partial charge in [-0.25, -0.2) is 0 Å². The second-order valence-corrected chi connectivity index (χ2v) is 11.5. The van der Waals surface area contributed by atoms with Crippen LogP contribution in [0.1, 0.15) is 77.7 Å². The number of pyridine rings is 1. The first-order valence-corrected chi connectivity index (χ1v) is 14.4. The Morgan fingerprint density at radius 1 is 1.03 bits per heavy atom. The molecule has 0 saturated carbocycles. The van der Waals surface area contributed by atoms with Gasteiger partial charge in [-0.3, -0.25) is 29.6 Å². The van der Waals surface area contributed by atoms with Crippen LogP contribution in [0.2, 0.25) is 0 Å². The van der Waals surface area contributed by atoms with Crippen LogP contribution in [0.15, 0.2) is 35.4 Å². The van der Waals surface area contributed by atoms with Crippen molar-refractivity contribution >= 4 is 29.5 Å². The third kappa shape index (κ3) is 6.30. The summed E-state index contributed by atoms with van der Waals surface area (Å²) in [5, 5.41) is 2.34. The Morgan fingerprint density at radius 2 is 1.82 bits per heavy atom. The van der Waals surface area contributed by atoms with Gasteiger partial charge in [0.1, 0.15) is 6.04 Å². The molecule has 1 atom stereocenters. The Labute approximate surface area is 229 Å². The van der Waals surface area contributed by atoms with Crippen LogP contribution in [-0.2, 0) is 35.4 Å². The van der Waals surface area contributed by atoms with E-state index in [2.05, 4.69) is 15.2 Å². The van der Waals surface area contributed by atoms with Crippen molar-refractivity contribution in [3.05, 3.63) is 58.4 Å². The Balaban J connectivity index is 1.00. The van der Waals surface area contributed by atoms with Gasteiger partial charge in [0.25, 0.3) is 5.91 Å². The molecule has 7 nitrogen and oxygen atoms in total. The van der Waals surface area contributed by atoms with E-state index in [1.165, 1.54) is 6.07 Å². The molecule has 1 unspecified atom stereocenters. The van der Waals surface area contributed by atoms with E-state index in [-0.39, 0.29) is 18.2 Å². The number of halogens is 3. The molecule has 3 aliphatic rings. The number of rotatable bonds is 10. The van der Waals surface area contributed by atoms with Crippen LogP contribution >= 0.6 is 11.8 Å². The number of carbonyl (C=O) groups excluding carboxylic acids is 3. The number of hydrogen-bond acceptors (Lipinski definition) is 6. The molecule has 0 aliphatic carbocycles. The molecule has 0 bridgehead atoms. The van der Waals surface area contributed by atoms with Crippen LogP contribution in [0, 0.1) is 0 Å². The van der Waals surface area contributed by atoms with E-state index >= 15 is 0 Å². The van der Waals surface area contributed by atoms with Crippen molar-refractivity contribution in [3.8, 4) is 0 Å². The highest BCUT2D eigenvalue weighted by molar-refractivity contribution is 7.99. The smallest absolute Gasteiger partial charge is 0.322 e. The van der Waals surface area contributed by atoms with Gasteiger partial charge in [0, 0.05) is 42.7 Å². The molecule has 11 heteroatoms. The molecule has 0 spiro atoms. The number of hydrogen-bond donors (Lipinski definition) is 1. The predicted octanol–water partition coefficient (Wildman–Crippen LogP) is 4.92. The first-order valence-electron chi connectivity index (χ1n) is 13.4. The number of piperidine rings is 1. The maximum absolute atomic E-state index is 13.0. The standard InChI is InChI=1S/C28H31F3N4O3S/c29-28(30,31)19-13-18-15-34(17-22(18)32-14-19)11-4-2-1-3-5-12-39-24-8-6-7-20-21(24)16-35(27(20)38)23-9-10-25(36)33-26(23)37/h6-8,13-14,23H,1-5,9-12,15-17H2,(H,33,36,37). The summed E-state index contributed by atoms with van der Waals surface area (Å²) < 4.78 is 38.7. The number of imide groups is 1. The van der Waals surface area contributed by atoms with Crippen LogP contribution in [-0.4, -0.2) is 50.8 Å². The number of thioether (sulfide) groups is 1. The van der Waals surface area contributed by atoms with Gasteiger partial charge in [0.15, 0.2) is 0 Å². The van der Waals surface area contributed by atoms with E-state index in [0.29, 0.717) is 37.2 Å². The molecule has 1 fully saturated rings. The number of alkyl halides is 3. The molecule has 4 heterocycles. The van der Waals surface area contributed by atoms with E-state index in [9.17, 15) is 27.6 Å². The van der Waals surface area contributed by atoms with Gasteiger partial charge >= 0.3 is 6.18 Å². The second kappa shape index (κ2) is 11.7. The van der Waals surface area contributed by atoms with Crippen LogP contribution in [0.3, 0.4) is 0 Å². The number of aromatic nitrogens is 1. The van der Waals surface area contributed by atoms with Crippen molar-refractivity contribution in [2.24, 2.45) is 0 Å². The lowest BCUT2D eigenvalue weighted by Gasteiger charge is -2.29. The summed E-state index contributed by atoms with van der Waals surface area (Å²) in [5.74, 6) is 0.0822. The molecular weight excluding hydrogens is 529 g/mol. The van der Waals surface area contributed by atoms with E-state index in [0.717, 1.165) is 66.8 Å². The summed E-state index contributed by atoms with van der Waals surface area (Å²) in [6, 6.07) is 6.32. The van der Waals surface area contributed by atoms with E-state index in [1.54, 1.807) is 22.7 Å². The average molecular weight is 561 g/mol. The normalized spacial score (nSPS) is 19.4. The highest BCUT2D eigenvalue weighted by Crippen LogP contribution is 2.35. The second-order valence-electron chi connectivity index (χ2n) is 10.3. The van der Waals surface area contributed by atoms with Gasteiger partial charge in [-0.1, -0.05) is 25.3 Å². The third-order valence-electron chi connectivity index (χ3n) is 7.57. The zero-order valence-electron chi connectivity index (χ0n) is 21.6. The molecule has 1 aromatic heterocycles. The van der Waals surface area contributed by atoms with Crippen molar-refractivity contribution in [2.75, 3.05) is 12.3 Å². The SMILES string of the molecule is O=C1CCC(N2Cc3c(SCCCCCCCN4Cc5cc(C(F)(F)F)cnc5C4)cccc3C2=O)C(=O)N1. The highest BCUT2D eigenvalue weighted by atomic mass is 32.2. The molecule has 0 radical (unpaired) electrons. The number of nitrogens with zero attached hydrogens (tertiary/aromatic N) is 3. The topological polar surface area (TPSA) is 82.6 Å². The minimum absolute atomic E-state index is 0.153. The lowest BCUT2D eigenvalue weighted by atomic mass is 10.0. The number of nitrogens with one attached hydrogen (secondary N) is 1. The maximum atomic E-state index is 13.0. The van der Waals surface area contributed by atoms with E-state index in [4.69, 9.17) is 0 Å². The summed E-state index contributed by atoms with van der Waals surface area (Å²) in [5.41, 5.74) is 2.34. The average Bonchev–Trinajstić information content (AvgIpc) is 3.45. The Hall–Kier alpha value is -2.92. The molecule has 3 aliphatic heterocycles. The fraction of sp³-hybridized carbons (Fsp3) is 0.500. The lowest BCUT2D eigenvalue weighted by Crippen LogP contribution is -2.52. The summed E-state index contributed by atoms with van der Waals surface area (Å²) in [6.07, 6.45) is 2.44. The van der Waals surface area contributed by atoms with Crippen LogP contribution in [0.4, 0.5) is 13.2 Å². The maximum Gasteiger partial charge on any atom is 0.417 e. The minimum Gasteiger partial charge on any atom is -0.322 e. The quantitative estimate of drug-likeness (QED) is 0.252. The van der Waals surface area contributed by atoms with E-state index in [1.807, 2.05) is 12.1 Å². The number of carbonyl (C=O) groups is 3. The third-order valence-corrected chi connectivity index (χ3v) is 8.76. The van der Waals surface area contributed by atoms with Gasteiger partial charge in [0.05, 0.1) is 11.3 Å². The van der Waals surface area contributed by atoms with Crippen LogP contribution in [0.5, 0.6) is 0 Å². The first kappa shape index (κ1) is 27.6. The molecule has 2 aromatic rings. The van der Waals surface area contributed by atoms with Crippen LogP contribution in [0.25, 0.3) is 0 Å². The zero-order valence-corrected chi connectivity index (χ0v) is 22.4. The Bertz CT molecular complexity index is 1270. The number of amides is 3. The number of benzene rings is 1. The number of unbranched alkanes of at least 4 members (excludes halogenated alkanes) is 4. The first-order chi connectivity index (χ1) is 18.7. The van der Waals surface area contributed by atoms with E-state index < -0.39 is 23.7 Å². The molecule has 39 heavy (non-hydrogen) atoms. The minimum atomic E-state index is -4.36. The largest absolute Gasteiger partial charge is 0.417 e. The van der Waals surface area contributed by atoms with Gasteiger partial charge in [0.2, 0.25) is 11.8 Å². The van der Waals surface area contributed by atoms with Crippen molar-refractivity contribution in [3.63, 3.8) is 0 Å². The van der Waals surface area contributed by atoms with Gasteiger partial charge in [-0.05, 0) is 60.9 Å². The predicted molar refractivity (Wildman–Crippen MR) is 140 cm³/mol. The molecule has 1 aromatic carbocycles. The lowest BCUT2D eigenvalue weighted by molar-refractivity contribution is -0.138. The summed E-state index contributed by atoms with van der Waals surface area (Å²) in [7, 11) is 0. The monoisotopic (exact) mass is 560 g/mol. The van der Waals surface area contributed by atoms with Crippen molar-refractivity contribution in [1.29, 1.82) is 0 Å². The van der Waals surface area contributed by atoms with Gasteiger partial charge < -0.3 is 4.90 Å². The molecule has 1 saturated heterocycles. The summed E-state index contributed by atoms with van der Waals surface area (Å²) in [4.78, 5) is 45.6. The molecular formula is C28H31F3N4O3S. The van der Waals surface area contributed by atoms with Gasteiger partial charge in [-0.2, -0.15) is 13.2 Å². The zero-order chi connectivity index (χ0) is 27.6. The molecule has 208 valence electrons. The Kier molecular flexibility index (Phi) is 8.27. The molecule has 3 amide bonds. The fourth-order valence-electron chi connectivity index (χ4n) is 5.48. The Morgan fingerprint density at radius 3 is 2.62 bits per heavy atom.